The summed E-state index contributed by atoms with van der Waals surface area (Å²) < 4.78 is 53.7. The molecule has 0 radical (unpaired) electrons. The molecular formula is C20H24N4O5S2. The molecule has 9 nitrogen and oxygen atoms in total. The lowest BCUT2D eigenvalue weighted by molar-refractivity contribution is 0.0981. The second-order valence-electron chi connectivity index (χ2n) is 7.62. The summed E-state index contributed by atoms with van der Waals surface area (Å²) in [6, 6.07) is 8.25. The molecule has 31 heavy (non-hydrogen) atoms. The predicted molar refractivity (Wildman–Crippen MR) is 115 cm³/mol. The van der Waals surface area contributed by atoms with E-state index in [0.29, 0.717) is 13.1 Å². The first-order valence-electron chi connectivity index (χ1n) is 10.2. The molecule has 4 rings (SSSR count). The van der Waals surface area contributed by atoms with Crippen LogP contribution in [0, 0.1) is 0 Å². The molecule has 0 atom stereocenters. The van der Waals surface area contributed by atoms with Gasteiger partial charge in [-0.25, -0.2) is 26.5 Å². The van der Waals surface area contributed by atoms with Gasteiger partial charge in [0.25, 0.3) is 15.9 Å². The van der Waals surface area contributed by atoms with Crippen molar-refractivity contribution < 1.29 is 21.6 Å². The molecule has 3 heterocycles. The van der Waals surface area contributed by atoms with Gasteiger partial charge in [0.05, 0.1) is 15.4 Å². The number of rotatable bonds is 6. The van der Waals surface area contributed by atoms with E-state index in [-0.39, 0.29) is 15.4 Å². The highest BCUT2D eigenvalue weighted by Crippen LogP contribution is 2.23. The molecule has 1 aromatic heterocycles. The van der Waals surface area contributed by atoms with Gasteiger partial charge in [-0.3, -0.25) is 4.79 Å². The summed E-state index contributed by atoms with van der Waals surface area (Å²) in [7, 11) is -8.00. The van der Waals surface area contributed by atoms with Gasteiger partial charge < -0.3 is 4.90 Å². The number of carbonyl (C=O) groups excluding carboxylic acids is 1. The van der Waals surface area contributed by atoms with E-state index in [4.69, 9.17) is 0 Å². The van der Waals surface area contributed by atoms with Crippen LogP contribution >= 0.6 is 0 Å². The van der Waals surface area contributed by atoms with Crippen LogP contribution in [-0.2, 0) is 20.0 Å². The maximum atomic E-state index is 12.7. The van der Waals surface area contributed by atoms with Gasteiger partial charge in [-0.2, -0.15) is 4.31 Å². The van der Waals surface area contributed by atoms with Crippen LogP contribution in [0.2, 0.25) is 0 Å². The maximum absolute atomic E-state index is 12.7. The van der Waals surface area contributed by atoms with E-state index in [9.17, 15) is 21.6 Å². The van der Waals surface area contributed by atoms with Crippen LogP contribution in [0.1, 0.15) is 36.0 Å². The summed E-state index contributed by atoms with van der Waals surface area (Å²) in [6.45, 7) is 2.64. The van der Waals surface area contributed by atoms with E-state index in [1.165, 1.54) is 41.2 Å². The zero-order valence-corrected chi connectivity index (χ0v) is 18.5. The molecule has 2 aromatic rings. The lowest BCUT2D eigenvalue weighted by Gasteiger charge is -2.29. The molecule has 2 aliphatic heterocycles. The Bertz CT molecular complexity index is 1170. The second-order valence-corrected chi connectivity index (χ2v) is 11.2. The summed E-state index contributed by atoms with van der Waals surface area (Å²) in [5, 5.41) is 0. The molecule has 11 heteroatoms. The van der Waals surface area contributed by atoms with Crippen LogP contribution in [-0.4, -0.2) is 58.2 Å². The summed E-state index contributed by atoms with van der Waals surface area (Å²) >= 11 is 0. The number of carbonyl (C=O) groups is 1. The molecule has 0 bridgehead atoms. The van der Waals surface area contributed by atoms with Gasteiger partial charge in [0.2, 0.25) is 10.0 Å². The van der Waals surface area contributed by atoms with Crippen molar-refractivity contribution in [3.63, 3.8) is 0 Å². The molecule has 0 aliphatic carbocycles. The Morgan fingerprint density at radius 1 is 0.871 bits per heavy atom. The monoisotopic (exact) mass is 464 g/mol. The molecule has 2 fully saturated rings. The van der Waals surface area contributed by atoms with Crippen LogP contribution in [0.4, 0.5) is 5.82 Å². The highest BCUT2D eigenvalue weighted by Gasteiger charge is 2.30. The smallest absolute Gasteiger partial charge is 0.266 e. The summed E-state index contributed by atoms with van der Waals surface area (Å²) in [6.07, 6.45) is 5.50. The fourth-order valence-corrected chi connectivity index (χ4v) is 6.21. The number of nitrogens with one attached hydrogen (secondary N) is 1. The third-order valence-electron chi connectivity index (χ3n) is 5.49. The minimum Gasteiger partial charge on any atom is -0.357 e. The number of amides is 1. The number of piperidine rings is 1. The van der Waals surface area contributed by atoms with E-state index in [2.05, 4.69) is 9.88 Å². The van der Waals surface area contributed by atoms with Gasteiger partial charge in [0, 0.05) is 32.4 Å². The largest absolute Gasteiger partial charge is 0.357 e. The predicted octanol–water partition coefficient (Wildman–Crippen LogP) is 1.58. The van der Waals surface area contributed by atoms with Crippen LogP contribution < -0.4 is 9.62 Å². The molecule has 2 aliphatic rings. The van der Waals surface area contributed by atoms with Crippen molar-refractivity contribution in [3.8, 4) is 0 Å². The van der Waals surface area contributed by atoms with Crippen LogP contribution in [0.5, 0.6) is 0 Å². The standard InChI is InChI=1S/C20H24N4O5S2/c25-20(16-8-9-19(21-15-16)23-10-2-1-3-11-23)22-30(26,27)17-6-4-7-18(14-17)31(28,29)24-12-5-13-24/h4,6-9,14-15H,1-3,5,10-13H2,(H,22,25). The Balaban J connectivity index is 1.49. The number of aromatic nitrogens is 1. The fourth-order valence-electron chi connectivity index (χ4n) is 3.55. The molecule has 2 saturated heterocycles. The van der Waals surface area contributed by atoms with Crippen molar-refractivity contribution in [1.29, 1.82) is 0 Å². The van der Waals surface area contributed by atoms with Gasteiger partial charge in [-0.1, -0.05) is 6.07 Å². The topological polar surface area (TPSA) is 117 Å². The SMILES string of the molecule is O=C(NS(=O)(=O)c1cccc(S(=O)(=O)N2CCC2)c1)c1ccc(N2CCCCC2)nc1. The lowest BCUT2D eigenvalue weighted by Crippen LogP contribution is -2.42. The van der Waals surface area contributed by atoms with E-state index >= 15 is 0 Å². The fraction of sp³-hybridized carbons (Fsp3) is 0.400. The van der Waals surface area contributed by atoms with Crippen molar-refractivity contribution in [2.75, 3.05) is 31.1 Å². The van der Waals surface area contributed by atoms with Gasteiger partial charge >= 0.3 is 0 Å². The van der Waals surface area contributed by atoms with Crippen molar-refractivity contribution in [2.45, 2.75) is 35.5 Å². The third kappa shape index (κ3) is 4.58. The minimum absolute atomic E-state index is 0.105. The Morgan fingerprint density at radius 3 is 2.19 bits per heavy atom. The number of hydrogen-bond acceptors (Lipinski definition) is 7. The average Bonchev–Trinajstić information content (AvgIpc) is 2.73. The number of benzene rings is 1. The van der Waals surface area contributed by atoms with Gasteiger partial charge in [-0.05, 0) is 56.0 Å². The Morgan fingerprint density at radius 2 is 1.58 bits per heavy atom. The first kappa shape index (κ1) is 21.7. The van der Waals surface area contributed by atoms with Crippen molar-refractivity contribution in [1.82, 2.24) is 14.0 Å². The summed E-state index contributed by atoms with van der Waals surface area (Å²) in [5.74, 6) is -0.0725. The normalized spacial score (nSPS) is 17.7. The first-order valence-corrected chi connectivity index (χ1v) is 13.1. The van der Waals surface area contributed by atoms with Crippen molar-refractivity contribution in [2.24, 2.45) is 0 Å². The van der Waals surface area contributed by atoms with Gasteiger partial charge in [-0.15, -0.1) is 0 Å². The highest BCUT2D eigenvalue weighted by molar-refractivity contribution is 7.90. The number of hydrogen-bond donors (Lipinski definition) is 1. The van der Waals surface area contributed by atoms with E-state index in [0.717, 1.165) is 44.2 Å². The molecule has 1 aromatic carbocycles. The quantitative estimate of drug-likeness (QED) is 0.690. The van der Waals surface area contributed by atoms with E-state index < -0.39 is 26.0 Å². The summed E-state index contributed by atoms with van der Waals surface area (Å²) in [4.78, 5) is 18.5. The highest BCUT2D eigenvalue weighted by atomic mass is 32.2. The average molecular weight is 465 g/mol. The van der Waals surface area contributed by atoms with Crippen molar-refractivity contribution >= 4 is 31.8 Å². The van der Waals surface area contributed by atoms with Gasteiger partial charge in [0.15, 0.2) is 0 Å². The zero-order valence-electron chi connectivity index (χ0n) is 16.9. The first-order chi connectivity index (χ1) is 14.8. The second kappa shape index (κ2) is 8.56. The number of pyridine rings is 1. The zero-order chi connectivity index (χ0) is 22.1. The number of anilines is 1. The Kier molecular flexibility index (Phi) is 6.00. The Labute approximate surface area is 182 Å². The molecule has 166 valence electrons. The lowest BCUT2D eigenvalue weighted by atomic mass is 10.1. The molecular weight excluding hydrogens is 440 g/mol. The molecule has 1 amide bonds. The van der Waals surface area contributed by atoms with Crippen LogP contribution in [0.15, 0.2) is 52.4 Å². The molecule has 0 spiro atoms. The molecule has 0 saturated carbocycles. The van der Waals surface area contributed by atoms with E-state index in [1.54, 1.807) is 6.07 Å². The van der Waals surface area contributed by atoms with Crippen LogP contribution in [0.3, 0.4) is 0 Å². The summed E-state index contributed by atoms with van der Waals surface area (Å²) in [5.41, 5.74) is 0.105. The minimum atomic E-state index is -4.26. The number of sulfonamides is 2. The molecule has 1 N–H and O–H groups in total. The molecule has 0 unspecified atom stereocenters. The van der Waals surface area contributed by atoms with Gasteiger partial charge in [0.1, 0.15) is 5.82 Å². The number of nitrogens with zero attached hydrogens (tertiary/aromatic N) is 3. The maximum Gasteiger partial charge on any atom is 0.266 e. The Hall–Kier alpha value is -2.50. The van der Waals surface area contributed by atoms with E-state index in [1.807, 2.05) is 4.72 Å². The third-order valence-corrected chi connectivity index (χ3v) is 8.71. The van der Waals surface area contributed by atoms with Crippen LogP contribution in [0.25, 0.3) is 0 Å². The van der Waals surface area contributed by atoms with Crippen molar-refractivity contribution in [3.05, 3.63) is 48.2 Å².